The Morgan fingerprint density at radius 1 is 1.44 bits per heavy atom. The topological polar surface area (TPSA) is 35.2 Å². The van der Waals surface area contributed by atoms with Crippen molar-refractivity contribution in [3.63, 3.8) is 0 Å². The van der Waals surface area contributed by atoms with Crippen molar-refractivity contribution in [3.05, 3.63) is 29.6 Å². The molecule has 0 aliphatic heterocycles. The first-order chi connectivity index (χ1) is 7.47. The molecule has 1 rings (SSSR count). The van der Waals surface area contributed by atoms with Crippen molar-refractivity contribution in [1.82, 2.24) is 0 Å². The van der Waals surface area contributed by atoms with Gasteiger partial charge in [-0.1, -0.05) is 26.0 Å². The van der Waals surface area contributed by atoms with Crippen LogP contribution in [0.4, 0.5) is 8.78 Å². The summed E-state index contributed by atoms with van der Waals surface area (Å²) in [7, 11) is 1.35. The Bertz CT molecular complexity index is 368. The largest absolute Gasteiger partial charge is 0.494 e. The van der Waals surface area contributed by atoms with Crippen LogP contribution < -0.4 is 10.5 Å². The minimum atomic E-state index is -1.86. The first-order valence-electron chi connectivity index (χ1n) is 5.19. The monoisotopic (exact) mass is 229 g/mol. The van der Waals surface area contributed by atoms with Crippen LogP contribution in [0.1, 0.15) is 19.4 Å². The fourth-order valence-corrected chi connectivity index (χ4v) is 1.65. The van der Waals surface area contributed by atoms with Crippen LogP contribution in [0.15, 0.2) is 18.2 Å². The second-order valence-corrected chi connectivity index (χ2v) is 4.04. The minimum Gasteiger partial charge on any atom is -0.494 e. The van der Waals surface area contributed by atoms with Gasteiger partial charge in [0.15, 0.2) is 17.2 Å². The molecule has 0 radical (unpaired) electrons. The van der Waals surface area contributed by atoms with Crippen LogP contribution in [-0.2, 0) is 5.67 Å². The Kier molecular flexibility index (Phi) is 3.86. The second-order valence-electron chi connectivity index (χ2n) is 4.04. The minimum absolute atomic E-state index is 0.0358. The summed E-state index contributed by atoms with van der Waals surface area (Å²) in [6.07, 6.45) is 0. The lowest BCUT2D eigenvalue weighted by atomic mass is 9.85. The number of methoxy groups -OCH3 is 1. The zero-order valence-corrected chi connectivity index (χ0v) is 9.76. The molecule has 1 unspecified atom stereocenters. The van der Waals surface area contributed by atoms with Crippen LogP contribution in [0.25, 0.3) is 0 Å². The molecule has 0 aliphatic carbocycles. The molecule has 90 valence electrons. The van der Waals surface area contributed by atoms with Crippen molar-refractivity contribution in [1.29, 1.82) is 0 Å². The number of alkyl halides is 1. The van der Waals surface area contributed by atoms with Crippen LogP contribution in [0, 0.1) is 11.7 Å². The van der Waals surface area contributed by atoms with Gasteiger partial charge in [-0.2, -0.15) is 0 Å². The number of hydrogen-bond acceptors (Lipinski definition) is 2. The summed E-state index contributed by atoms with van der Waals surface area (Å²) in [6, 6.07) is 4.42. The SMILES string of the molecule is COc1cccc(C(F)(CN)C(C)C)c1F. The van der Waals surface area contributed by atoms with Gasteiger partial charge in [-0.15, -0.1) is 0 Å². The third kappa shape index (κ3) is 2.02. The average Bonchev–Trinajstić information content (AvgIpc) is 2.28. The molecule has 0 bridgehead atoms. The quantitative estimate of drug-likeness (QED) is 0.861. The van der Waals surface area contributed by atoms with Crippen LogP contribution in [-0.4, -0.2) is 13.7 Å². The molecule has 4 heteroatoms. The molecule has 2 nitrogen and oxygen atoms in total. The van der Waals surface area contributed by atoms with E-state index in [9.17, 15) is 8.78 Å². The molecular weight excluding hydrogens is 212 g/mol. The van der Waals surface area contributed by atoms with E-state index in [4.69, 9.17) is 10.5 Å². The summed E-state index contributed by atoms with van der Waals surface area (Å²) in [4.78, 5) is 0. The predicted molar refractivity (Wildman–Crippen MR) is 59.6 cm³/mol. The van der Waals surface area contributed by atoms with Gasteiger partial charge in [0.05, 0.1) is 7.11 Å². The number of halogens is 2. The standard InChI is InChI=1S/C12H17F2NO/c1-8(2)12(14,7-15)9-5-4-6-10(16-3)11(9)13/h4-6,8H,7,15H2,1-3H3. The Balaban J connectivity index is 3.31. The molecule has 0 saturated carbocycles. The number of nitrogens with two attached hydrogens (primary N) is 1. The van der Waals surface area contributed by atoms with Crippen LogP contribution >= 0.6 is 0 Å². The van der Waals surface area contributed by atoms with Crippen molar-refractivity contribution in [2.75, 3.05) is 13.7 Å². The van der Waals surface area contributed by atoms with Crippen LogP contribution in [0.2, 0.25) is 0 Å². The first-order valence-corrected chi connectivity index (χ1v) is 5.19. The molecule has 0 heterocycles. The van der Waals surface area contributed by atoms with E-state index in [-0.39, 0.29) is 17.9 Å². The normalized spacial score (nSPS) is 14.9. The smallest absolute Gasteiger partial charge is 0.171 e. The van der Waals surface area contributed by atoms with Crippen LogP contribution in [0.3, 0.4) is 0 Å². The van der Waals surface area contributed by atoms with Gasteiger partial charge in [0.2, 0.25) is 0 Å². The van der Waals surface area contributed by atoms with Gasteiger partial charge < -0.3 is 10.5 Å². The van der Waals surface area contributed by atoms with Crippen molar-refractivity contribution in [3.8, 4) is 5.75 Å². The number of benzene rings is 1. The van der Waals surface area contributed by atoms with Crippen molar-refractivity contribution < 1.29 is 13.5 Å². The van der Waals surface area contributed by atoms with E-state index in [0.29, 0.717) is 0 Å². The lowest BCUT2D eigenvalue weighted by Crippen LogP contribution is -2.36. The van der Waals surface area contributed by atoms with Gasteiger partial charge in [0.25, 0.3) is 0 Å². The molecule has 0 amide bonds. The molecule has 0 saturated heterocycles. The maximum atomic E-state index is 14.5. The lowest BCUT2D eigenvalue weighted by Gasteiger charge is -2.29. The summed E-state index contributed by atoms with van der Waals surface area (Å²) in [5, 5.41) is 0. The average molecular weight is 229 g/mol. The molecule has 1 atom stereocenters. The zero-order chi connectivity index (χ0) is 12.3. The third-order valence-corrected chi connectivity index (χ3v) is 2.84. The van der Waals surface area contributed by atoms with Gasteiger partial charge in [0, 0.05) is 12.1 Å². The fraction of sp³-hybridized carbons (Fsp3) is 0.500. The van der Waals surface area contributed by atoms with E-state index >= 15 is 0 Å². The molecule has 0 aromatic heterocycles. The van der Waals surface area contributed by atoms with Crippen molar-refractivity contribution >= 4 is 0 Å². The fourth-order valence-electron chi connectivity index (χ4n) is 1.65. The number of rotatable bonds is 4. The van der Waals surface area contributed by atoms with E-state index in [1.165, 1.54) is 19.2 Å². The second kappa shape index (κ2) is 4.78. The molecule has 1 aromatic carbocycles. The highest BCUT2D eigenvalue weighted by molar-refractivity contribution is 5.35. The lowest BCUT2D eigenvalue weighted by molar-refractivity contribution is 0.103. The molecule has 0 fully saturated rings. The molecule has 0 spiro atoms. The molecule has 2 N–H and O–H groups in total. The number of ether oxygens (including phenoxy) is 1. The van der Waals surface area contributed by atoms with E-state index < -0.39 is 17.4 Å². The molecule has 16 heavy (non-hydrogen) atoms. The van der Waals surface area contributed by atoms with E-state index in [1.54, 1.807) is 19.9 Å². The van der Waals surface area contributed by atoms with Gasteiger partial charge in [-0.25, -0.2) is 8.78 Å². The van der Waals surface area contributed by atoms with Gasteiger partial charge in [-0.3, -0.25) is 0 Å². The Morgan fingerprint density at radius 3 is 2.50 bits per heavy atom. The van der Waals surface area contributed by atoms with Crippen LogP contribution in [0.5, 0.6) is 5.75 Å². The Hall–Kier alpha value is -1.16. The maximum absolute atomic E-state index is 14.5. The summed E-state index contributed by atoms with van der Waals surface area (Å²) in [5.74, 6) is -1.04. The van der Waals surface area contributed by atoms with Crippen molar-refractivity contribution in [2.45, 2.75) is 19.5 Å². The Labute approximate surface area is 94.4 Å². The zero-order valence-electron chi connectivity index (χ0n) is 9.76. The van der Waals surface area contributed by atoms with Gasteiger partial charge in [0.1, 0.15) is 0 Å². The maximum Gasteiger partial charge on any atom is 0.171 e. The van der Waals surface area contributed by atoms with Gasteiger partial charge >= 0.3 is 0 Å². The highest BCUT2D eigenvalue weighted by Crippen LogP contribution is 2.37. The predicted octanol–water partition coefficient (Wildman–Crippen LogP) is 2.61. The van der Waals surface area contributed by atoms with E-state index in [2.05, 4.69) is 0 Å². The molecular formula is C12H17F2NO. The molecule has 0 aliphatic rings. The van der Waals surface area contributed by atoms with Gasteiger partial charge in [-0.05, 0) is 12.0 Å². The number of hydrogen-bond donors (Lipinski definition) is 1. The van der Waals surface area contributed by atoms with E-state index in [1.807, 2.05) is 0 Å². The summed E-state index contributed by atoms with van der Waals surface area (Å²) < 4.78 is 33.2. The summed E-state index contributed by atoms with van der Waals surface area (Å²) in [6.45, 7) is 3.09. The summed E-state index contributed by atoms with van der Waals surface area (Å²) >= 11 is 0. The highest BCUT2D eigenvalue weighted by Gasteiger charge is 2.37. The van der Waals surface area contributed by atoms with Crippen molar-refractivity contribution in [2.24, 2.45) is 11.7 Å². The van der Waals surface area contributed by atoms with E-state index in [0.717, 1.165) is 0 Å². The highest BCUT2D eigenvalue weighted by atomic mass is 19.1. The molecule has 1 aromatic rings. The Morgan fingerprint density at radius 2 is 2.06 bits per heavy atom. The first kappa shape index (κ1) is 12.9. The summed E-state index contributed by atoms with van der Waals surface area (Å²) in [5.41, 5.74) is 3.52. The third-order valence-electron chi connectivity index (χ3n) is 2.84.